The maximum absolute atomic E-state index is 12.7. The molecule has 1 atom stereocenters. The highest BCUT2D eigenvalue weighted by molar-refractivity contribution is 7.99. The second kappa shape index (κ2) is 8.92. The molecule has 1 aromatic carbocycles. The van der Waals surface area contributed by atoms with Crippen molar-refractivity contribution in [2.24, 2.45) is 5.92 Å². The minimum absolute atomic E-state index is 0.0428. The van der Waals surface area contributed by atoms with Gasteiger partial charge in [0.2, 0.25) is 5.91 Å². The molecule has 0 unspecified atom stereocenters. The number of aromatic amines is 1. The summed E-state index contributed by atoms with van der Waals surface area (Å²) in [5.41, 5.74) is 1.84. The lowest BCUT2D eigenvalue weighted by atomic mass is 9.98. The van der Waals surface area contributed by atoms with E-state index in [2.05, 4.69) is 30.7 Å². The van der Waals surface area contributed by atoms with Crippen LogP contribution >= 0.6 is 23.1 Å². The summed E-state index contributed by atoms with van der Waals surface area (Å²) in [6.07, 6.45) is 1.97. The van der Waals surface area contributed by atoms with Crippen LogP contribution < -0.4 is 10.5 Å². The molecule has 0 radical (unpaired) electrons. The van der Waals surface area contributed by atoms with E-state index in [1.807, 2.05) is 30.3 Å². The summed E-state index contributed by atoms with van der Waals surface area (Å²) in [4.78, 5) is 36.2. The molecule has 0 saturated heterocycles. The van der Waals surface area contributed by atoms with Crippen molar-refractivity contribution in [3.05, 3.63) is 51.1 Å². The van der Waals surface area contributed by atoms with Crippen LogP contribution in [0.4, 0.5) is 5.69 Å². The molecule has 1 amide bonds. The summed E-state index contributed by atoms with van der Waals surface area (Å²) >= 11 is 2.82. The van der Waals surface area contributed by atoms with Crippen molar-refractivity contribution < 1.29 is 4.79 Å². The fourth-order valence-corrected chi connectivity index (χ4v) is 4.87. The molecule has 0 bridgehead atoms. The van der Waals surface area contributed by atoms with Gasteiger partial charge in [-0.3, -0.25) is 9.59 Å². The van der Waals surface area contributed by atoms with Gasteiger partial charge in [-0.1, -0.05) is 50.2 Å². The Balaban J connectivity index is 1.78. The molecule has 148 valence electrons. The van der Waals surface area contributed by atoms with Crippen LogP contribution in [0.3, 0.4) is 0 Å². The fourth-order valence-electron chi connectivity index (χ4n) is 2.98. The minimum Gasteiger partial charge on any atom is -0.315 e. The SMILES string of the molecule is CC[C@@H](C)Cc1c(C)sc2nc(SCC(=O)N(C)c3ccccc3)[nH]c(=O)c12. The van der Waals surface area contributed by atoms with Gasteiger partial charge in [-0.2, -0.15) is 0 Å². The van der Waals surface area contributed by atoms with E-state index in [4.69, 9.17) is 0 Å². The van der Waals surface area contributed by atoms with E-state index in [1.165, 1.54) is 11.8 Å². The van der Waals surface area contributed by atoms with Crippen LogP contribution in [0, 0.1) is 12.8 Å². The molecule has 7 heteroatoms. The molecule has 0 spiro atoms. The van der Waals surface area contributed by atoms with E-state index in [0.29, 0.717) is 16.5 Å². The molecule has 28 heavy (non-hydrogen) atoms. The Morgan fingerprint density at radius 3 is 2.71 bits per heavy atom. The van der Waals surface area contributed by atoms with Crippen LogP contribution in [0.1, 0.15) is 30.7 Å². The summed E-state index contributed by atoms with van der Waals surface area (Å²) in [6, 6.07) is 9.49. The maximum Gasteiger partial charge on any atom is 0.260 e. The number of amides is 1. The van der Waals surface area contributed by atoms with Crippen molar-refractivity contribution in [1.82, 2.24) is 9.97 Å². The van der Waals surface area contributed by atoms with E-state index in [1.54, 1.807) is 23.3 Å². The molecule has 0 saturated carbocycles. The molecule has 0 fully saturated rings. The van der Waals surface area contributed by atoms with Crippen molar-refractivity contribution in [3.8, 4) is 0 Å². The number of carbonyl (C=O) groups excluding carboxylic acids is 1. The number of H-pyrrole nitrogens is 1. The maximum atomic E-state index is 12.7. The molecule has 5 nitrogen and oxygen atoms in total. The quantitative estimate of drug-likeness (QED) is 0.451. The zero-order valence-electron chi connectivity index (χ0n) is 16.6. The van der Waals surface area contributed by atoms with Gasteiger partial charge >= 0.3 is 0 Å². The molecule has 0 aliphatic rings. The van der Waals surface area contributed by atoms with E-state index in [0.717, 1.165) is 33.8 Å². The topological polar surface area (TPSA) is 66.1 Å². The smallest absolute Gasteiger partial charge is 0.260 e. The Morgan fingerprint density at radius 1 is 1.32 bits per heavy atom. The van der Waals surface area contributed by atoms with Crippen molar-refractivity contribution in [1.29, 1.82) is 0 Å². The number of carbonyl (C=O) groups is 1. The lowest BCUT2D eigenvalue weighted by Gasteiger charge is -2.16. The Bertz CT molecular complexity index is 1030. The Kier molecular flexibility index (Phi) is 6.57. The number of anilines is 1. The number of thiophene rings is 1. The van der Waals surface area contributed by atoms with Crippen LogP contribution in [0.2, 0.25) is 0 Å². The molecular weight excluding hydrogens is 390 g/mol. The number of rotatable bonds is 7. The lowest BCUT2D eigenvalue weighted by molar-refractivity contribution is -0.115. The van der Waals surface area contributed by atoms with E-state index >= 15 is 0 Å². The highest BCUT2D eigenvalue weighted by Crippen LogP contribution is 2.30. The number of hydrogen-bond donors (Lipinski definition) is 1. The summed E-state index contributed by atoms with van der Waals surface area (Å²) in [5.74, 6) is 0.694. The van der Waals surface area contributed by atoms with Crippen molar-refractivity contribution in [2.45, 2.75) is 38.8 Å². The van der Waals surface area contributed by atoms with Crippen LogP contribution in [0.5, 0.6) is 0 Å². The van der Waals surface area contributed by atoms with Gasteiger partial charge in [-0.25, -0.2) is 4.98 Å². The molecule has 0 aliphatic carbocycles. The summed E-state index contributed by atoms with van der Waals surface area (Å²) < 4.78 is 0. The zero-order valence-corrected chi connectivity index (χ0v) is 18.2. The Morgan fingerprint density at radius 2 is 2.04 bits per heavy atom. The first kappa shape index (κ1) is 20.6. The first-order chi connectivity index (χ1) is 13.4. The van der Waals surface area contributed by atoms with Gasteiger partial charge in [0.15, 0.2) is 5.16 Å². The highest BCUT2D eigenvalue weighted by Gasteiger charge is 2.18. The number of hydrogen-bond acceptors (Lipinski definition) is 5. The fraction of sp³-hybridized carbons (Fsp3) is 0.381. The summed E-state index contributed by atoms with van der Waals surface area (Å²) in [7, 11) is 1.75. The van der Waals surface area contributed by atoms with Gasteiger partial charge in [-0.15, -0.1) is 11.3 Å². The van der Waals surface area contributed by atoms with Crippen molar-refractivity contribution in [3.63, 3.8) is 0 Å². The monoisotopic (exact) mass is 415 g/mol. The number of aromatic nitrogens is 2. The molecule has 2 aromatic heterocycles. The summed E-state index contributed by atoms with van der Waals surface area (Å²) in [5, 5.41) is 1.20. The van der Waals surface area contributed by atoms with E-state index < -0.39 is 0 Å². The molecule has 0 aliphatic heterocycles. The van der Waals surface area contributed by atoms with E-state index in [9.17, 15) is 9.59 Å². The Hall–Kier alpha value is -2.12. The average Bonchev–Trinajstić information content (AvgIpc) is 3.01. The molecule has 2 heterocycles. The van der Waals surface area contributed by atoms with E-state index in [-0.39, 0.29) is 17.2 Å². The number of thioether (sulfide) groups is 1. The number of aryl methyl sites for hydroxylation is 1. The second-order valence-corrected chi connectivity index (χ2v) is 9.15. The van der Waals surface area contributed by atoms with Gasteiger partial charge in [-0.05, 0) is 37.0 Å². The highest BCUT2D eigenvalue weighted by atomic mass is 32.2. The number of fused-ring (bicyclic) bond motifs is 1. The van der Waals surface area contributed by atoms with Gasteiger partial charge in [0.25, 0.3) is 5.56 Å². The van der Waals surface area contributed by atoms with Gasteiger partial charge in [0, 0.05) is 17.6 Å². The third-order valence-corrected chi connectivity index (χ3v) is 6.84. The van der Waals surface area contributed by atoms with Crippen LogP contribution in [-0.2, 0) is 11.2 Å². The van der Waals surface area contributed by atoms with Crippen molar-refractivity contribution in [2.75, 3.05) is 17.7 Å². The standard InChI is InChI=1S/C21H25N3O2S2/c1-5-13(2)11-16-14(3)28-20-18(16)19(26)22-21(23-20)27-12-17(25)24(4)15-9-7-6-8-10-15/h6-10,13H,5,11-12H2,1-4H3,(H,22,23,26)/t13-/m1/s1. The van der Waals surface area contributed by atoms with Crippen LogP contribution in [0.25, 0.3) is 10.2 Å². The third kappa shape index (κ3) is 4.47. The molecule has 3 rings (SSSR count). The third-order valence-electron chi connectivity index (χ3n) is 4.94. The number of benzene rings is 1. The normalized spacial score (nSPS) is 12.3. The molecular formula is C21H25N3O2S2. The number of nitrogens with one attached hydrogen (secondary N) is 1. The summed E-state index contributed by atoms with van der Waals surface area (Å²) in [6.45, 7) is 6.41. The van der Waals surface area contributed by atoms with Crippen LogP contribution in [0.15, 0.2) is 40.3 Å². The number of para-hydroxylation sites is 1. The number of nitrogens with zero attached hydrogens (tertiary/aromatic N) is 2. The van der Waals surface area contributed by atoms with Crippen molar-refractivity contribution >= 4 is 44.9 Å². The predicted octanol–water partition coefficient (Wildman–Crippen LogP) is 4.64. The first-order valence-electron chi connectivity index (χ1n) is 9.37. The molecule has 3 aromatic rings. The predicted molar refractivity (Wildman–Crippen MR) is 119 cm³/mol. The zero-order chi connectivity index (χ0) is 20.3. The van der Waals surface area contributed by atoms with Gasteiger partial charge in [0.1, 0.15) is 4.83 Å². The largest absolute Gasteiger partial charge is 0.315 e. The van der Waals surface area contributed by atoms with Gasteiger partial charge in [0.05, 0.1) is 11.1 Å². The lowest BCUT2D eigenvalue weighted by Crippen LogP contribution is -2.28. The first-order valence-corrected chi connectivity index (χ1v) is 11.2. The van der Waals surface area contributed by atoms with Gasteiger partial charge < -0.3 is 9.88 Å². The van der Waals surface area contributed by atoms with Crippen LogP contribution in [-0.4, -0.2) is 28.7 Å². The second-order valence-electron chi connectivity index (χ2n) is 6.98. The molecule has 1 N–H and O–H groups in total. The average molecular weight is 416 g/mol. The Labute approximate surface area is 173 Å². The minimum atomic E-state index is -0.112.